The second kappa shape index (κ2) is 5.91. The molecular weight excluding hydrogens is 292 g/mol. The first-order valence-corrected chi connectivity index (χ1v) is 7.76. The Hall–Kier alpha value is -2.56. The lowest BCUT2D eigenvalue weighted by Gasteiger charge is -2.41. The maximum atomic E-state index is 12.9. The van der Waals surface area contributed by atoms with Crippen LogP contribution in [0.25, 0.3) is 0 Å². The summed E-state index contributed by atoms with van der Waals surface area (Å²) < 4.78 is 0. The summed E-state index contributed by atoms with van der Waals surface area (Å²) in [5.74, 6) is -1.55. The van der Waals surface area contributed by atoms with Crippen molar-refractivity contribution in [2.75, 3.05) is 6.54 Å². The normalized spacial score (nSPS) is 20.7. The molecule has 0 fully saturated rings. The Balaban J connectivity index is 2.19. The number of aromatic nitrogens is 1. The van der Waals surface area contributed by atoms with E-state index in [9.17, 15) is 14.7 Å². The van der Waals surface area contributed by atoms with E-state index < -0.39 is 17.9 Å². The van der Waals surface area contributed by atoms with Gasteiger partial charge in [0.2, 0.25) is 0 Å². The Morgan fingerprint density at radius 3 is 2.61 bits per heavy atom. The zero-order valence-corrected chi connectivity index (χ0v) is 13.2. The third-order valence-corrected chi connectivity index (χ3v) is 4.21. The van der Waals surface area contributed by atoms with Crippen molar-refractivity contribution in [2.45, 2.75) is 25.8 Å². The standard InChI is InChI=1S/C18H20N2O3/c1-11(2)10-20-16(14-8-5-9-19-14)15(18(22)23)12-6-3-4-7-13(12)17(20)21/h3-9,11,15-16,19H,10H2,1-2H3,(H,22,23). The molecule has 1 aliphatic heterocycles. The summed E-state index contributed by atoms with van der Waals surface area (Å²) in [4.78, 5) is 29.7. The number of carboxylic acid groups (broad SMARTS) is 1. The lowest BCUT2D eigenvalue weighted by atomic mass is 9.81. The lowest BCUT2D eigenvalue weighted by molar-refractivity contribution is -0.140. The molecule has 2 atom stereocenters. The van der Waals surface area contributed by atoms with Crippen LogP contribution in [0.5, 0.6) is 0 Å². The molecule has 23 heavy (non-hydrogen) atoms. The first-order valence-electron chi connectivity index (χ1n) is 7.76. The van der Waals surface area contributed by atoms with Crippen LogP contribution in [0.3, 0.4) is 0 Å². The van der Waals surface area contributed by atoms with Crippen LogP contribution in [0.15, 0.2) is 42.6 Å². The Labute approximate surface area is 134 Å². The van der Waals surface area contributed by atoms with E-state index in [1.54, 1.807) is 35.4 Å². The molecule has 2 N–H and O–H groups in total. The number of fused-ring (bicyclic) bond motifs is 1. The predicted octanol–water partition coefficient (Wildman–Crippen LogP) is 3.04. The van der Waals surface area contributed by atoms with Crippen LogP contribution in [0.4, 0.5) is 0 Å². The average Bonchev–Trinajstić information content (AvgIpc) is 3.03. The number of nitrogens with zero attached hydrogens (tertiary/aromatic N) is 1. The summed E-state index contributed by atoms with van der Waals surface area (Å²) in [7, 11) is 0. The number of rotatable bonds is 4. The molecule has 5 nitrogen and oxygen atoms in total. The van der Waals surface area contributed by atoms with Gasteiger partial charge >= 0.3 is 5.97 Å². The zero-order chi connectivity index (χ0) is 16.6. The van der Waals surface area contributed by atoms with Crippen molar-refractivity contribution >= 4 is 11.9 Å². The SMILES string of the molecule is CC(C)CN1C(=O)c2ccccc2C(C(=O)O)C1c1ccc[nH]1. The fourth-order valence-corrected chi connectivity index (χ4v) is 3.33. The summed E-state index contributed by atoms with van der Waals surface area (Å²) in [5, 5.41) is 9.84. The first-order chi connectivity index (χ1) is 11.0. The van der Waals surface area contributed by atoms with Gasteiger partial charge in [0.15, 0.2) is 0 Å². The highest BCUT2D eigenvalue weighted by molar-refractivity contribution is 6.00. The van der Waals surface area contributed by atoms with Crippen molar-refractivity contribution in [2.24, 2.45) is 5.92 Å². The van der Waals surface area contributed by atoms with Gasteiger partial charge in [0.1, 0.15) is 5.92 Å². The summed E-state index contributed by atoms with van der Waals surface area (Å²) in [6.07, 6.45) is 1.76. The quantitative estimate of drug-likeness (QED) is 0.911. The number of nitrogens with one attached hydrogen (secondary N) is 1. The van der Waals surface area contributed by atoms with Crippen LogP contribution < -0.4 is 0 Å². The molecule has 2 unspecified atom stereocenters. The van der Waals surface area contributed by atoms with Crippen molar-refractivity contribution in [3.8, 4) is 0 Å². The van der Waals surface area contributed by atoms with Crippen LogP contribution in [-0.4, -0.2) is 33.4 Å². The molecule has 0 saturated heterocycles. The largest absolute Gasteiger partial charge is 0.481 e. The number of carboxylic acids is 1. The van der Waals surface area contributed by atoms with Crippen LogP contribution in [0.1, 0.15) is 47.4 Å². The Kier molecular flexibility index (Phi) is 3.94. The van der Waals surface area contributed by atoms with Gasteiger partial charge in [-0.05, 0) is 29.7 Å². The number of carbonyl (C=O) groups excluding carboxylic acids is 1. The van der Waals surface area contributed by atoms with Gasteiger partial charge in [-0.15, -0.1) is 0 Å². The molecule has 120 valence electrons. The minimum absolute atomic E-state index is 0.105. The molecule has 2 heterocycles. The molecular formula is C18H20N2O3. The smallest absolute Gasteiger partial charge is 0.313 e. The second-order valence-corrected chi connectivity index (χ2v) is 6.32. The number of hydrogen-bond donors (Lipinski definition) is 2. The molecule has 0 saturated carbocycles. The van der Waals surface area contributed by atoms with Gasteiger partial charge < -0.3 is 15.0 Å². The second-order valence-electron chi connectivity index (χ2n) is 6.32. The molecule has 1 aromatic carbocycles. The number of hydrogen-bond acceptors (Lipinski definition) is 2. The van der Waals surface area contributed by atoms with Gasteiger partial charge in [-0.3, -0.25) is 9.59 Å². The third kappa shape index (κ3) is 2.63. The van der Waals surface area contributed by atoms with E-state index in [1.165, 1.54) is 0 Å². The van der Waals surface area contributed by atoms with E-state index in [0.717, 1.165) is 5.69 Å². The van der Waals surface area contributed by atoms with E-state index in [1.807, 2.05) is 26.0 Å². The molecule has 0 radical (unpaired) electrons. The minimum Gasteiger partial charge on any atom is -0.481 e. The summed E-state index contributed by atoms with van der Waals surface area (Å²) >= 11 is 0. The number of aromatic amines is 1. The van der Waals surface area contributed by atoms with Gasteiger partial charge in [0.05, 0.1) is 6.04 Å². The Morgan fingerprint density at radius 2 is 2.00 bits per heavy atom. The molecule has 1 amide bonds. The van der Waals surface area contributed by atoms with Crippen molar-refractivity contribution in [1.82, 2.24) is 9.88 Å². The van der Waals surface area contributed by atoms with Crippen molar-refractivity contribution in [3.05, 3.63) is 59.4 Å². The monoisotopic (exact) mass is 312 g/mol. The van der Waals surface area contributed by atoms with Gasteiger partial charge in [0.25, 0.3) is 5.91 Å². The fraction of sp³-hybridized carbons (Fsp3) is 0.333. The van der Waals surface area contributed by atoms with Crippen LogP contribution in [0.2, 0.25) is 0 Å². The van der Waals surface area contributed by atoms with Crippen molar-refractivity contribution in [1.29, 1.82) is 0 Å². The van der Waals surface area contributed by atoms with Crippen molar-refractivity contribution < 1.29 is 14.7 Å². The molecule has 0 aliphatic carbocycles. The van der Waals surface area contributed by atoms with Gasteiger partial charge in [-0.25, -0.2) is 0 Å². The maximum absolute atomic E-state index is 12.9. The highest BCUT2D eigenvalue weighted by Gasteiger charge is 2.44. The van der Waals surface area contributed by atoms with Gasteiger partial charge in [0, 0.05) is 24.0 Å². The molecule has 0 bridgehead atoms. The Morgan fingerprint density at radius 1 is 1.26 bits per heavy atom. The average molecular weight is 312 g/mol. The van der Waals surface area contributed by atoms with Crippen LogP contribution in [-0.2, 0) is 4.79 Å². The van der Waals surface area contributed by atoms with E-state index in [2.05, 4.69) is 4.98 Å². The van der Waals surface area contributed by atoms with Crippen LogP contribution >= 0.6 is 0 Å². The van der Waals surface area contributed by atoms with Gasteiger partial charge in [-0.1, -0.05) is 32.0 Å². The lowest BCUT2D eigenvalue weighted by Crippen LogP contribution is -2.46. The fourth-order valence-electron chi connectivity index (χ4n) is 3.33. The minimum atomic E-state index is -0.918. The number of benzene rings is 1. The maximum Gasteiger partial charge on any atom is 0.313 e. The van der Waals surface area contributed by atoms with Gasteiger partial charge in [-0.2, -0.15) is 0 Å². The summed E-state index contributed by atoms with van der Waals surface area (Å²) in [6, 6.07) is 10.2. The van der Waals surface area contributed by atoms with Crippen molar-refractivity contribution in [3.63, 3.8) is 0 Å². The summed E-state index contributed by atoms with van der Waals surface area (Å²) in [5.41, 5.74) is 1.83. The van der Waals surface area contributed by atoms with E-state index in [0.29, 0.717) is 17.7 Å². The topological polar surface area (TPSA) is 73.4 Å². The number of amides is 1. The highest BCUT2D eigenvalue weighted by Crippen LogP contribution is 2.42. The zero-order valence-electron chi connectivity index (χ0n) is 13.2. The number of H-pyrrole nitrogens is 1. The number of aliphatic carboxylic acids is 1. The molecule has 5 heteroatoms. The van der Waals surface area contributed by atoms with E-state index in [4.69, 9.17) is 0 Å². The van der Waals surface area contributed by atoms with Crippen LogP contribution in [0, 0.1) is 5.92 Å². The molecule has 1 aromatic heterocycles. The molecule has 3 rings (SSSR count). The Bertz CT molecular complexity index is 722. The molecule has 2 aromatic rings. The first kappa shape index (κ1) is 15.3. The number of carbonyl (C=O) groups is 2. The van der Waals surface area contributed by atoms with E-state index in [-0.39, 0.29) is 11.8 Å². The molecule has 0 spiro atoms. The molecule has 1 aliphatic rings. The summed E-state index contributed by atoms with van der Waals surface area (Å²) in [6.45, 7) is 4.56. The highest BCUT2D eigenvalue weighted by atomic mass is 16.4. The van der Waals surface area contributed by atoms with E-state index >= 15 is 0 Å². The third-order valence-electron chi connectivity index (χ3n) is 4.21. The predicted molar refractivity (Wildman–Crippen MR) is 86.2 cm³/mol.